The van der Waals surface area contributed by atoms with Gasteiger partial charge < -0.3 is 15.6 Å². The first-order valence-corrected chi connectivity index (χ1v) is 7.71. The Labute approximate surface area is 115 Å². The summed E-state index contributed by atoms with van der Waals surface area (Å²) in [5.74, 6) is -0.908. The van der Waals surface area contributed by atoms with Crippen LogP contribution in [-0.2, 0) is 21.1 Å². The van der Waals surface area contributed by atoms with Crippen molar-refractivity contribution in [2.24, 2.45) is 0 Å². The molecule has 0 bridgehead atoms. The lowest BCUT2D eigenvalue weighted by atomic mass is 10.5. The summed E-state index contributed by atoms with van der Waals surface area (Å²) in [6, 6.07) is 0. The largest absolute Gasteiger partial charge is 0.344 e. The van der Waals surface area contributed by atoms with Crippen LogP contribution in [0.25, 0.3) is 0 Å². The Kier molecular flexibility index (Phi) is 8.81. The molecule has 0 saturated heterocycles. The van der Waals surface area contributed by atoms with Crippen LogP contribution < -0.4 is 6.15 Å². The third-order valence-electron chi connectivity index (χ3n) is 1.38. The highest BCUT2D eigenvalue weighted by Crippen LogP contribution is 2.48. The van der Waals surface area contributed by atoms with E-state index in [-0.39, 0.29) is 12.8 Å². The molecule has 0 rings (SSSR count). The minimum Gasteiger partial charge on any atom is -0.344 e. The van der Waals surface area contributed by atoms with Crippen LogP contribution in [0, 0.1) is 0 Å². The predicted octanol–water partition coefficient (Wildman–Crippen LogP) is 2.62. The molecule has 98 valence electrons. The third kappa shape index (κ3) is 5.98. The summed E-state index contributed by atoms with van der Waals surface area (Å²) >= 11 is 20.8. The van der Waals surface area contributed by atoms with Crippen molar-refractivity contribution in [1.29, 1.82) is 0 Å². The van der Waals surface area contributed by atoms with E-state index < -0.39 is 16.3 Å². The standard InChI is InChI=1S/C6H11Cl3NO3PS.H3N/c1-3-4-13-14(12,15)10(2)5(11)6(7,8)9;/h3-4H2,1-2H3,(H,12,15);1H3. The summed E-state index contributed by atoms with van der Waals surface area (Å²) in [5.41, 5.74) is 0. The Morgan fingerprint density at radius 2 is 2.00 bits per heavy atom. The summed E-state index contributed by atoms with van der Waals surface area (Å²) < 4.78 is 3.59. The molecule has 0 aliphatic rings. The summed E-state index contributed by atoms with van der Waals surface area (Å²) in [4.78, 5) is 21.1. The molecule has 0 aromatic heterocycles. The maximum atomic E-state index is 11.4. The summed E-state index contributed by atoms with van der Waals surface area (Å²) in [6.07, 6.45) is 0.661. The lowest BCUT2D eigenvalue weighted by Crippen LogP contribution is -2.34. The molecule has 0 aliphatic carbocycles. The first kappa shape index (κ1) is 19.2. The molecule has 0 saturated carbocycles. The molecule has 0 spiro atoms. The average Bonchev–Trinajstić information content (AvgIpc) is 2.10. The van der Waals surface area contributed by atoms with Crippen LogP contribution in [-0.4, -0.2) is 32.9 Å². The first-order valence-electron chi connectivity index (χ1n) is 3.95. The smallest absolute Gasteiger partial charge is 0.289 e. The fourth-order valence-corrected chi connectivity index (χ4v) is 2.57. The Balaban J connectivity index is 0. The van der Waals surface area contributed by atoms with Crippen molar-refractivity contribution in [1.82, 2.24) is 10.8 Å². The minimum absolute atomic E-state index is 0. The van der Waals surface area contributed by atoms with Crippen LogP contribution in [0.3, 0.4) is 0 Å². The van der Waals surface area contributed by atoms with Crippen LogP contribution in [0.2, 0.25) is 0 Å². The zero-order valence-corrected chi connectivity index (χ0v) is 12.8. The van der Waals surface area contributed by atoms with Crippen LogP contribution in [0.5, 0.6) is 0 Å². The van der Waals surface area contributed by atoms with Crippen LogP contribution >= 0.6 is 41.4 Å². The molecule has 0 aromatic carbocycles. The quantitative estimate of drug-likeness (QED) is 0.611. The van der Waals surface area contributed by atoms with Crippen molar-refractivity contribution < 1.29 is 14.2 Å². The fraction of sp³-hybridized carbons (Fsp3) is 0.833. The molecule has 16 heavy (non-hydrogen) atoms. The van der Waals surface area contributed by atoms with E-state index in [0.717, 1.165) is 4.67 Å². The number of nitrogens with zero attached hydrogens (tertiary/aromatic N) is 1. The highest BCUT2D eigenvalue weighted by Gasteiger charge is 2.39. The van der Waals surface area contributed by atoms with E-state index in [4.69, 9.17) is 51.1 Å². The van der Waals surface area contributed by atoms with Gasteiger partial charge in [0.25, 0.3) is 16.3 Å². The highest BCUT2D eigenvalue weighted by atomic mass is 35.6. The Morgan fingerprint density at radius 1 is 1.56 bits per heavy atom. The minimum atomic E-state index is -3.39. The van der Waals surface area contributed by atoms with Crippen LogP contribution in [0.1, 0.15) is 13.3 Å². The number of rotatable bonds is 4. The first-order chi connectivity index (χ1) is 6.63. The van der Waals surface area contributed by atoms with Gasteiger partial charge in [-0.25, -0.2) is 0 Å². The van der Waals surface area contributed by atoms with E-state index in [9.17, 15) is 9.69 Å². The molecular weight excluding hydrogens is 317 g/mol. The normalized spacial score (nSPS) is 14.9. The summed E-state index contributed by atoms with van der Waals surface area (Å²) in [5, 5.41) is 0. The van der Waals surface area contributed by atoms with Crippen molar-refractivity contribution in [2.45, 2.75) is 17.1 Å². The Hall–Kier alpha value is 0.870. The van der Waals surface area contributed by atoms with Crippen LogP contribution in [0.15, 0.2) is 0 Å². The van der Waals surface area contributed by atoms with Crippen molar-refractivity contribution in [2.75, 3.05) is 13.7 Å². The number of hydrogen-bond donors (Lipinski definition) is 2. The molecule has 0 aliphatic heterocycles. The van der Waals surface area contributed by atoms with Crippen molar-refractivity contribution in [3.8, 4) is 0 Å². The van der Waals surface area contributed by atoms with E-state index in [1.54, 1.807) is 0 Å². The van der Waals surface area contributed by atoms with Crippen molar-refractivity contribution in [3.05, 3.63) is 0 Å². The monoisotopic (exact) mass is 330 g/mol. The predicted molar refractivity (Wildman–Crippen MR) is 70.8 cm³/mol. The molecule has 0 fully saturated rings. The lowest BCUT2D eigenvalue weighted by Gasteiger charge is -2.28. The number of halogens is 3. The van der Waals surface area contributed by atoms with E-state index in [1.807, 2.05) is 6.92 Å². The zero-order chi connectivity index (χ0) is 12.3. The van der Waals surface area contributed by atoms with Gasteiger partial charge in [0.1, 0.15) is 0 Å². The van der Waals surface area contributed by atoms with Crippen LogP contribution in [0.4, 0.5) is 0 Å². The molecular formula is C6H14Cl3N2O3PS. The average molecular weight is 332 g/mol. The van der Waals surface area contributed by atoms with Gasteiger partial charge in [0.15, 0.2) is 0 Å². The van der Waals surface area contributed by atoms with Crippen molar-refractivity contribution >= 4 is 59.2 Å². The molecule has 1 amide bonds. The molecule has 1 unspecified atom stereocenters. The van der Waals surface area contributed by atoms with Crippen molar-refractivity contribution in [3.63, 3.8) is 0 Å². The Bertz CT molecular complexity index is 287. The van der Waals surface area contributed by atoms with E-state index in [2.05, 4.69) is 0 Å². The summed E-state index contributed by atoms with van der Waals surface area (Å²) in [7, 11) is 1.24. The molecule has 0 aromatic rings. The zero-order valence-electron chi connectivity index (χ0n) is 8.82. The molecule has 10 heteroatoms. The van der Waals surface area contributed by atoms with Gasteiger partial charge in [-0.05, 0) is 18.2 Å². The summed E-state index contributed by atoms with van der Waals surface area (Å²) in [6.45, 7) is -1.31. The van der Waals surface area contributed by atoms with Gasteiger partial charge in [0.05, 0.1) is 6.61 Å². The van der Waals surface area contributed by atoms with Gasteiger partial charge >= 0.3 is 0 Å². The number of amides is 1. The van der Waals surface area contributed by atoms with E-state index >= 15 is 0 Å². The highest BCUT2D eigenvalue weighted by molar-refractivity contribution is 8.08. The SMILES string of the molecule is CCCOP(O)(=S)N(C)C(=O)C(Cl)(Cl)Cl.N. The number of hydrogen-bond acceptors (Lipinski definition) is 4. The lowest BCUT2D eigenvalue weighted by molar-refractivity contribution is -0.125. The Morgan fingerprint density at radius 3 is 2.31 bits per heavy atom. The second kappa shape index (κ2) is 7.34. The molecule has 4 N–H and O–H groups in total. The van der Waals surface area contributed by atoms with Gasteiger partial charge in [-0.2, -0.15) is 0 Å². The van der Waals surface area contributed by atoms with Gasteiger partial charge in [-0.15, -0.1) is 0 Å². The maximum Gasteiger partial charge on any atom is 0.289 e. The number of alkyl halides is 3. The second-order valence-electron chi connectivity index (χ2n) is 2.65. The second-order valence-corrected chi connectivity index (χ2v) is 8.20. The van der Waals surface area contributed by atoms with Gasteiger partial charge in [-0.3, -0.25) is 9.46 Å². The molecule has 0 radical (unpaired) electrons. The number of carbonyl (C=O) groups excluding carboxylic acids is 1. The fourth-order valence-electron chi connectivity index (χ4n) is 0.595. The van der Waals surface area contributed by atoms with E-state index in [0.29, 0.717) is 6.42 Å². The van der Waals surface area contributed by atoms with Gasteiger partial charge in [-0.1, -0.05) is 41.7 Å². The molecule has 0 heterocycles. The molecule has 5 nitrogen and oxygen atoms in total. The van der Waals surface area contributed by atoms with Gasteiger partial charge in [0.2, 0.25) is 0 Å². The molecule has 1 atom stereocenters. The van der Waals surface area contributed by atoms with Gasteiger partial charge in [0, 0.05) is 7.05 Å². The third-order valence-corrected chi connectivity index (χ3v) is 4.37. The number of carbonyl (C=O) groups is 1. The maximum absolute atomic E-state index is 11.4. The topological polar surface area (TPSA) is 84.8 Å². The van der Waals surface area contributed by atoms with E-state index in [1.165, 1.54) is 7.05 Å².